The van der Waals surface area contributed by atoms with Crippen LogP contribution >= 0.6 is 34.3 Å². The first-order chi connectivity index (χ1) is 14.3. The molecule has 1 fully saturated rings. The molecule has 0 atom stereocenters. The van der Waals surface area contributed by atoms with Crippen molar-refractivity contribution in [1.29, 1.82) is 0 Å². The van der Waals surface area contributed by atoms with Crippen molar-refractivity contribution in [2.24, 2.45) is 5.92 Å². The lowest BCUT2D eigenvalue weighted by Crippen LogP contribution is -2.45. The average molecular weight is 470 g/mol. The number of halogens is 1. The molecule has 0 bridgehead atoms. The summed E-state index contributed by atoms with van der Waals surface area (Å²) in [6.45, 7) is 4.91. The number of aryl methyl sites for hydroxylation is 1. The largest absolute Gasteiger partial charge is 0.466 e. The molecule has 2 amide bonds. The first-order valence-corrected chi connectivity index (χ1v) is 11.7. The maximum Gasteiger partial charge on any atom is 0.309 e. The molecule has 0 radical (unpaired) electrons. The molecule has 0 aliphatic carbocycles. The third-order valence-corrected chi connectivity index (χ3v) is 7.51. The van der Waals surface area contributed by atoms with E-state index < -0.39 is 0 Å². The molecule has 30 heavy (non-hydrogen) atoms. The van der Waals surface area contributed by atoms with E-state index in [4.69, 9.17) is 16.3 Å². The van der Waals surface area contributed by atoms with Crippen LogP contribution in [0.3, 0.4) is 0 Å². The van der Waals surface area contributed by atoms with Gasteiger partial charge < -0.3 is 14.5 Å². The number of likely N-dealkylation sites (N-methyl/N-ethyl adjacent to an activating group) is 1. The van der Waals surface area contributed by atoms with Gasteiger partial charge in [-0.2, -0.15) is 0 Å². The maximum absolute atomic E-state index is 12.9. The molecule has 0 unspecified atom stereocenters. The van der Waals surface area contributed by atoms with Gasteiger partial charge in [-0.25, -0.2) is 4.98 Å². The minimum atomic E-state index is -0.228. The predicted molar refractivity (Wildman–Crippen MR) is 118 cm³/mol. The number of carbonyl (C=O) groups is 3. The van der Waals surface area contributed by atoms with Gasteiger partial charge in [0.2, 0.25) is 5.91 Å². The number of amides is 2. The van der Waals surface area contributed by atoms with Gasteiger partial charge in [-0.3, -0.25) is 14.4 Å². The van der Waals surface area contributed by atoms with Crippen molar-refractivity contribution < 1.29 is 19.1 Å². The van der Waals surface area contributed by atoms with Crippen molar-refractivity contribution >= 4 is 52.1 Å². The number of piperidine rings is 1. The molecule has 3 rings (SSSR count). The molecule has 3 heterocycles. The monoisotopic (exact) mass is 469 g/mol. The van der Waals surface area contributed by atoms with E-state index in [2.05, 4.69) is 4.98 Å². The Kier molecular flexibility index (Phi) is 7.49. The number of rotatable bonds is 6. The number of nitrogens with zero attached hydrogens (tertiary/aromatic N) is 3. The molecular formula is C20H24ClN3O4S2. The summed E-state index contributed by atoms with van der Waals surface area (Å²) >= 11 is 8.71. The van der Waals surface area contributed by atoms with E-state index in [9.17, 15) is 14.4 Å². The van der Waals surface area contributed by atoms with Crippen LogP contribution in [0.25, 0.3) is 9.88 Å². The second-order valence-electron chi connectivity index (χ2n) is 7.11. The summed E-state index contributed by atoms with van der Waals surface area (Å²) < 4.78 is 5.73. The standard InChI is InChI=1S/C20H24ClN3O4S2/c1-4-28-20(27)13-7-9-24(10-8-13)16(25)11-23(3)19(26)17-12(2)22-18(30-17)14-5-6-15(21)29-14/h5-6,13H,4,7-11H2,1-3H3. The Morgan fingerprint density at radius 1 is 1.27 bits per heavy atom. The fourth-order valence-electron chi connectivity index (χ4n) is 3.30. The Morgan fingerprint density at radius 3 is 2.57 bits per heavy atom. The molecule has 1 saturated heterocycles. The lowest BCUT2D eigenvalue weighted by atomic mass is 9.97. The SMILES string of the molecule is CCOC(=O)C1CCN(C(=O)CN(C)C(=O)c2sc(-c3ccc(Cl)s3)nc2C)CC1. The summed E-state index contributed by atoms with van der Waals surface area (Å²) in [4.78, 5) is 46.4. The Labute approximate surface area is 188 Å². The number of ether oxygens (including phenoxy) is 1. The lowest BCUT2D eigenvalue weighted by Gasteiger charge is -2.32. The minimum absolute atomic E-state index is 0.0135. The van der Waals surface area contributed by atoms with Crippen LogP contribution in [0.2, 0.25) is 4.34 Å². The molecule has 162 valence electrons. The number of carbonyl (C=O) groups excluding carboxylic acids is 3. The highest BCUT2D eigenvalue weighted by Crippen LogP contribution is 2.35. The van der Waals surface area contributed by atoms with Crippen LogP contribution in [0.15, 0.2) is 12.1 Å². The fraction of sp³-hybridized carbons (Fsp3) is 0.500. The summed E-state index contributed by atoms with van der Waals surface area (Å²) in [5.74, 6) is -0.702. The zero-order valence-corrected chi connectivity index (χ0v) is 19.5. The van der Waals surface area contributed by atoms with Crippen LogP contribution in [0.5, 0.6) is 0 Å². The highest BCUT2D eigenvalue weighted by atomic mass is 35.5. The van der Waals surface area contributed by atoms with Crippen molar-refractivity contribution in [3.63, 3.8) is 0 Å². The molecule has 0 aromatic carbocycles. The number of aromatic nitrogens is 1. The van der Waals surface area contributed by atoms with E-state index in [0.717, 1.165) is 9.88 Å². The number of thiophene rings is 1. The minimum Gasteiger partial charge on any atom is -0.466 e. The van der Waals surface area contributed by atoms with Crippen molar-refractivity contribution in [3.05, 3.63) is 27.0 Å². The highest BCUT2D eigenvalue weighted by Gasteiger charge is 2.29. The second-order valence-corrected chi connectivity index (χ2v) is 9.82. The molecule has 0 saturated carbocycles. The van der Waals surface area contributed by atoms with Gasteiger partial charge in [-0.15, -0.1) is 22.7 Å². The average Bonchev–Trinajstić information content (AvgIpc) is 3.33. The number of esters is 1. The smallest absolute Gasteiger partial charge is 0.309 e. The summed E-state index contributed by atoms with van der Waals surface area (Å²) in [5, 5.41) is 0.744. The van der Waals surface area contributed by atoms with E-state index in [1.807, 2.05) is 6.07 Å². The molecule has 2 aromatic heterocycles. The predicted octanol–water partition coefficient (Wildman–Crippen LogP) is 3.71. The van der Waals surface area contributed by atoms with Gasteiger partial charge in [0.15, 0.2) is 0 Å². The van der Waals surface area contributed by atoms with Gasteiger partial charge in [-0.05, 0) is 38.8 Å². The van der Waals surface area contributed by atoms with E-state index in [-0.39, 0.29) is 30.2 Å². The molecule has 7 nitrogen and oxygen atoms in total. The lowest BCUT2D eigenvalue weighted by molar-refractivity contribution is -0.151. The van der Waals surface area contributed by atoms with Gasteiger partial charge in [0.1, 0.15) is 9.88 Å². The van der Waals surface area contributed by atoms with E-state index >= 15 is 0 Å². The zero-order chi connectivity index (χ0) is 21.8. The molecule has 10 heteroatoms. The molecule has 0 N–H and O–H groups in total. The Bertz CT molecular complexity index is 934. The molecule has 2 aromatic rings. The Balaban J connectivity index is 1.58. The highest BCUT2D eigenvalue weighted by molar-refractivity contribution is 7.24. The van der Waals surface area contributed by atoms with Gasteiger partial charge >= 0.3 is 5.97 Å². The topological polar surface area (TPSA) is 79.8 Å². The van der Waals surface area contributed by atoms with Crippen LogP contribution in [-0.2, 0) is 14.3 Å². The van der Waals surface area contributed by atoms with Crippen LogP contribution in [0.4, 0.5) is 0 Å². The van der Waals surface area contributed by atoms with Crippen molar-refractivity contribution in [1.82, 2.24) is 14.8 Å². The summed E-state index contributed by atoms with van der Waals surface area (Å²) in [5.41, 5.74) is 0.638. The normalized spacial score (nSPS) is 14.6. The van der Waals surface area contributed by atoms with Gasteiger partial charge in [0.25, 0.3) is 5.91 Å². The van der Waals surface area contributed by atoms with E-state index in [1.165, 1.54) is 27.6 Å². The van der Waals surface area contributed by atoms with Crippen molar-refractivity contribution in [3.8, 4) is 9.88 Å². The summed E-state index contributed by atoms with van der Waals surface area (Å²) in [6, 6.07) is 3.68. The van der Waals surface area contributed by atoms with Crippen molar-refractivity contribution in [2.75, 3.05) is 33.3 Å². The van der Waals surface area contributed by atoms with Gasteiger partial charge in [0.05, 0.1) is 34.0 Å². The molecule has 1 aliphatic heterocycles. The summed E-state index contributed by atoms with van der Waals surface area (Å²) in [7, 11) is 1.62. The Morgan fingerprint density at radius 2 is 1.97 bits per heavy atom. The van der Waals surface area contributed by atoms with E-state index in [1.54, 1.807) is 31.9 Å². The zero-order valence-electron chi connectivity index (χ0n) is 17.1. The summed E-state index contributed by atoms with van der Waals surface area (Å²) in [6.07, 6.45) is 1.17. The van der Waals surface area contributed by atoms with Gasteiger partial charge in [-0.1, -0.05) is 11.6 Å². The third-order valence-electron chi connectivity index (χ3n) is 4.96. The van der Waals surface area contributed by atoms with Crippen LogP contribution in [0, 0.1) is 12.8 Å². The molecule has 0 spiro atoms. The van der Waals surface area contributed by atoms with Gasteiger partial charge in [0, 0.05) is 20.1 Å². The van der Waals surface area contributed by atoms with E-state index in [0.29, 0.717) is 47.4 Å². The Hall–Kier alpha value is -1.97. The third kappa shape index (κ3) is 5.19. The molecule has 1 aliphatic rings. The molecular weight excluding hydrogens is 446 g/mol. The fourth-order valence-corrected chi connectivity index (χ4v) is 5.46. The quantitative estimate of drug-likeness (QED) is 0.602. The second kappa shape index (κ2) is 9.89. The van der Waals surface area contributed by atoms with Crippen LogP contribution in [0.1, 0.15) is 35.1 Å². The van der Waals surface area contributed by atoms with Crippen molar-refractivity contribution in [2.45, 2.75) is 26.7 Å². The van der Waals surface area contributed by atoms with Crippen LogP contribution < -0.4 is 0 Å². The first-order valence-electron chi connectivity index (χ1n) is 9.73. The number of likely N-dealkylation sites (tertiary alicyclic amines) is 1. The van der Waals surface area contributed by atoms with Crippen LogP contribution in [-0.4, -0.2) is 65.9 Å². The first kappa shape index (κ1) is 22.7. The number of hydrogen-bond donors (Lipinski definition) is 0. The maximum atomic E-state index is 12.9. The number of thiazole rings is 1. The number of hydrogen-bond acceptors (Lipinski definition) is 7.